The molecule has 1 fully saturated rings. The molecule has 1 aromatic carbocycles. The summed E-state index contributed by atoms with van der Waals surface area (Å²) < 4.78 is 0. The lowest BCUT2D eigenvalue weighted by atomic mass is 9.96. The first kappa shape index (κ1) is 14.6. The van der Waals surface area contributed by atoms with Crippen LogP contribution in [0.25, 0.3) is 0 Å². The Balaban J connectivity index is 2.24. The minimum Gasteiger partial charge on any atom is -0.352 e. The van der Waals surface area contributed by atoms with Gasteiger partial charge in [-0.1, -0.05) is 26.0 Å². The lowest BCUT2D eigenvalue weighted by Crippen LogP contribution is -2.63. The number of benzene rings is 1. The highest BCUT2D eigenvalue weighted by Gasteiger charge is 2.40. The maximum atomic E-state index is 12.6. The first-order valence-electron chi connectivity index (χ1n) is 7.04. The minimum atomic E-state index is -0.800. The Bertz CT molecular complexity index is 518. The Kier molecular flexibility index (Phi) is 3.84. The summed E-state index contributed by atoms with van der Waals surface area (Å²) in [5.74, 6) is 0.257. The molecular formula is C16H22N2O2. The summed E-state index contributed by atoms with van der Waals surface area (Å²) in [6, 6.07) is 7.66. The molecule has 1 heterocycles. The Morgan fingerprint density at radius 3 is 2.40 bits per heavy atom. The van der Waals surface area contributed by atoms with Crippen LogP contribution in [0, 0.1) is 0 Å². The van der Waals surface area contributed by atoms with Gasteiger partial charge in [0.1, 0.15) is 5.54 Å². The van der Waals surface area contributed by atoms with Crippen molar-refractivity contribution in [1.29, 1.82) is 0 Å². The maximum absolute atomic E-state index is 12.6. The van der Waals surface area contributed by atoms with E-state index in [0.29, 0.717) is 24.6 Å². The molecule has 4 nitrogen and oxygen atoms in total. The van der Waals surface area contributed by atoms with E-state index in [1.54, 1.807) is 18.7 Å². The van der Waals surface area contributed by atoms with Gasteiger partial charge >= 0.3 is 0 Å². The smallest absolute Gasteiger partial charge is 0.254 e. The topological polar surface area (TPSA) is 49.4 Å². The standard InChI is InChI=1S/C16H22N2O2/c1-11(2)12-5-7-13(8-6-12)14(19)18-10-9-17-15(20)16(18,3)4/h5-8,11H,9-10H2,1-4H3,(H,17,20). The number of amides is 2. The second-order valence-electron chi connectivity index (χ2n) is 6.05. The van der Waals surface area contributed by atoms with Gasteiger partial charge in [-0.2, -0.15) is 0 Å². The molecule has 2 rings (SSSR count). The first-order chi connectivity index (χ1) is 9.34. The minimum absolute atomic E-state index is 0.0832. The van der Waals surface area contributed by atoms with Crippen molar-refractivity contribution in [1.82, 2.24) is 10.2 Å². The molecule has 1 N–H and O–H groups in total. The van der Waals surface area contributed by atoms with Crippen LogP contribution in [-0.4, -0.2) is 35.3 Å². The molecule has 0 aliphatic carbocycles. The third kappa shape index (κ3) is 2.55. The summed E-state index contributed by atoms with van der Waals surface area (Å²) in [5.41, 5.74) is 1.04. The number of hydrogen-bond donors (Lipinski definition) is 1. The van der Waals surface area contributed by atoms with Crippen LogP contribution in [0.3, 0.4) is 0 Å². The molecule has 1 aliphatic rings. The van der Waals surface area contributed by atoms with Gasteiger partial charge in [0.05, 0.1) is 0 Å². The van der Waals surface area contributed by atoms with Crippen molar-refractivity contribution in [2.45, 2.75) is 39.2 Å². The van der Waals surface area contributed by atoms with Crippen molar-refractivity contribution in [3.8, 4) is 0 Å². The summed E-state index contributed by atoms with van der Waals surface area (Å²) in [4.78, 5) is 26.1. The van der Waals surface area contributed by atoms with Gasteiger partial charge in [-0.25, -0.2) is 0 Å². The molecule has 0 bridgehead atoms. The Labute approximate surface area is 120 Å². The predicted molar refractivity (Wildman–Crippen MR) is 78.7 cm³/mol. The fourth-order valence-corrected chi connectivity index (χ4v) is 2.42. The van der Waals surface area contributed by atoms with Crippen LogP contribution in [0.1, 0.15) is 49.5 Å². The van der Waals surface area contributed by atoms with Crippen molar-refractivity contribution in [2.75, 3.05) is 13.1 Å². The second kappa shape index (κ2) is 5.27. The predicted octanol–water partition coefficient (Wildman–Crippen LogP) is 2.16. The number of nitrogens with one attached hydrogen (secondary N) is 1. The van der Waals surface area contributed by atoms with E-state index in [9.17, 15) is 9.59 Å². The van der Waals surface area contributed by atoms with Crippen LogP contribution in [0.5, 0.6) is 0 Å². The van der Waals surface area contributed by atoms with Crippen molar-refractivity contribution in [2.24, 2.45) is 0 Å². The third-order valence-corrected chi connectivity index (χ3v) is 3.92. The summed E-state index contributed by atoms with van der Waals surface area (Å²) in [7, 11) is 0. The van der Waals surface area contributed by atoms with E-state index in [4.69, 9.17) is 0 Å². The van der Waals surface area contributed by atoms with E-state index in [-0.39, 0.29) is 11.8 Å². The summed E-state index contributed by atoms with van der Waals surface area (Å²) in [5, 5.41) is 2.80. The molecule has 0 spiro atoms. The average molecular weight is 274 g/mol. The van der Waals surface area contributed by atoms with Crippen molar-refractivity contribution in [3.05, 3.63) is 35.4 Å². The van der Waals surface area contributed by atoms with Gasteiger partial charge in [0, 0.05) is 18.7 Å². The van der Waals surface area contributed by atoms with Crippen LogP contribution in [0.15, 0.2) is 24.3 Å². The highest BCUT2D eigenvalue weighted by Crippen LogP contribution is 2.22. The second-order valence-corrected chi connectivity index (χ2v) is 6.05. The van der Waals surface area contributed by atoms with E-state index in [1.807, 2.05) is 24.3 Å². The largest absolute Gasteiger partial charge is 0.352 e. The Morgan fingerprint density at radius 1 is 1.25 bits per heavy atom. The van der Waals surface area contributed by atoms with Gasteiger partial charge in [0.25, 0.3) is 5.91 Å². The van der Waals surface area contributed by atoms with Gasteiger partial charge in [-0.05, 0) is 37.5 Å². The van der Waals surface area contributed by atoms with Crippen LogP contribution < -0.4 is 5.32 Å². The Morgan fingerprint density at radius 2 is 1.85 bits per heavy atom. The van der Waals surface area contributed by atoms with E-state index >= 15 is 0 Å². The molecule has 1 aliphatic heterocycles. The Hall–Kier alpha value is -1.84. The summed E-state index contributed by atoms with van der Waals surface area (Å²) in [6.07, 6.45) is 0. The molecule has 20 heavy (non-hydrogen) atoms. The number of piperazine rings is 1. The lowest BCUT2D eigenvalue weighted by molar-refractivity contribution is -0.133. The first-order valence-corrected chi connectivity index (χ1v) is 7.04. The fraction of sp³-hybridized carbons (Fsp3) is 0.500. The van der Waals surface area contributed by atoms with Crippen LogP contribution in [0.2, 0.25) is 0 Å². The van der Waals surface area contributed by atoms with Gasteiger partial charge in [-0.3, -0.25) is 9.59 Å². The molecule has 1 saturated heterocycles. The average Bonchev–Trinajstić information content (AvgIpc) is 2.41. The third-order valence-electron chi connectivity index (χ3n) is 3.92. The molecular weight excluding hydrogens is 252 g/mol. The van der Waals surface area contributed by atoms with Gasteiger partial charge in [-0.15, -0.1) is 0 Å². The van der Waals surface area contributed by atoms with Crippen LogP contribution in [0.4, 0.5) is 0 Å². The molecule has 0 aromatic heterocycles. The quantitative estimate of drug-likeness (QED) is 0.898. The lowest BCUT2D eigenvalue weighted by Gasteiger charge is -2.41. The van der Waals surface area contributed by atoms with Crippen molar-refractivity contribution in [3.63, 3.8) is 0 Å². The molecule has 1 aromatic rings. The van der Waals surface area contributed by atoms with Crippen molar-refractivity contribution < 1.29 is 9.59 Å². The van der Waals surface area contributed by atoms with Gasteiger partial charge in [0.2, 0.25) is 5.91 Å². The number of rotatable bonds is 2. The van der Waals surface area contributed by atoms with E-state index in [0.717, 1.165) is 0 Å². The molecule has 4 heteroatoms. The molecule has 0 radical (unpaired) electrons. The highest BCUT2D eigenvalue weighted by atomic mass is 16.2. The summed E-state index contributed by atoms with van der Waals surface area (Å²) in [6.45, 7) is 8.86. The zero-order chi connectivity index (χ0) is 14.9. The molecule has 108 valence electrons. The van der Waals surface area contributed by atoms with E-state index < -0.39 is 5.54 Å². The van der Waals surface area contributed by atoms with Crippen LogP contribution >= 0.6 is 0 Å². The summed E-state index contributed by atoms with van der Waals surface area (Å²) >= 11 is 0. The van der Waals surface area contributed by atoms with Gasteiger partial charge < -0.3 is 10.2 Å². The monoisotopic (exact) mass is 274 g/mol. The zero-order valence-corrected chi connectivity index (χ0v) is 12.6. The zero-order valence-electron chi connectivity index (χ0n) is 12.6. The fourth-order valence-electron chi connectivity index (χ4n) is 2.42. The highest BCUT2D eigenvalue weighted by molar-refractivity contribution is 5.99. The molecule has 0 unspecified atom stereocenters. The molecule has 0 saturated carbocycles. The number of nitrogens with zero attached hydrogens (tertiary/aromatic N) is 1. The van der Waals surface area contributed by atoms with Crippen molar-refractivity contribution >= 4 is 11.8 Å². The molecule has 2 amide bonds. The number of carbonyl (C=O) groups excluding carboxylic acids is 2. The van der Waals surface area contributed by atoms with Crippen LogP contribution in [-0.2, 0) is 4.79 Å². The SMILES string of the molecule is CC(C)c1ccc(C(=O)N2CCNC(=O)C2(C)C)cc1. The van der Waals surface area contributed by atoms with E-state index in [1.165, 1.54) is 5.56 Å². The molecule has 0 atom stereocenters. The number of carbonyl (C=O) groups is 2. The normalized spacial score (nSPS) is 18.1. The van der Waals surface area contributed by atoms with E-state index in [2.05, 4.69) is 19.2 Å². The van der Waals surface area contributed by atoms with Gasteiger partial charge in [0.15, 0.2) is 0 Å². The maximum Gasteiger partial charge on any atom is 0.254 e. The number of hydrogen-bond acceptors (Lipinski definition) is 2.